The molecule has 170 valence electrons. The van der Waals surface area contributed by atoms with Crippen molar-refractivity contribution in [1.29, 1.82) is 0 Å². The number of nitrogens with zero attached hydrogens (tertiary/aromatic N) is 2. The van der Waals surface area contributed by atoms with Crippen molar-refractivity contribution in [3.05, 3.63) is 47.0 Å². The minimum absolute atomic E-state index is 0.0262. The highest BCUT2D eigenvalue weighted by Gasteiger charge is 2.41. The van der Waals surface area contributed by atoms with Gasteiger partial charge in [-0.05, 0) is 30.3 Å². The van der Waals surface area contributed by atoms with Crippen LogP contribution < -0.4 is 19.1 Å². The second-order valence-electron chi connectivity index (χ2n) is 7.59. The van der Waals surface area contributed by atoms with Crippen molar-refractivity contribution >= 4 is 40.9 Å². The van der Waals surface area contributed by atoms with E-state index in [4.69, 9.17) is 25.8 Å². The fraction of sp³-hybridized carbons (Fsp3) is 0.391. The standard InChI is InChI=1S/C23H25ClN2O5S/c1-29-18-12-20(31-3)19(30-2)11-17(18)23-25(8-9-32-23)22(28)14-10-21(27)26(13-14)16-6-4-15(24)5-7-16/h4-7,11-12,14,23H,8-10,13H2,1-3H3. The fourth-order valence-electron chi connectivity index (χ4n) is 4.18. The van der Waals surface area contributed by atoms with Crippen LogP contribution in [0.2, 0.25) is 5.02 Å². The molecule has 2 heterocycles. The second-order valence-corrected chi connectivity index (χ2v) is 9.21. The summed E-state index contributed by atoms with van der Waals surface area (Å²) in [4.78, 5) is 29.7. The molecule has 2 fully saturated rings. The molecule has 2 saturated heterocycles. The first-order chi connectivity index (χ1) is 15.5. The van der Waals surface area contributed by atoms with Crippen LogP contribution in [0.1, 0.15) is 17.4 Å². The number of thioether (sulfide) groups is 1. The van der Waals surface area contributed by atoms with Crippen molar-refractivity contribution in [2.45, 2.75) is 11.8 Å². The summed E-state index contributed by atoms with van der Waals surface area (Å²) in [6, 6.07) is 10.7. The lowest BCUT2D eigenvalue weighted by Gasteiger charge is -2.28. The van der Waals surface area contributed by atoms with Gasteiger partial charge in [-0.2, -0.15) is 0 Å². The van der Waals surface area contributed by atoms with E-state index in [9.17, 15) is 9.59 Å². The van der Waals surface area contributed by atoms with Crippen LogP contribution in [0.15, 0.2) is 36.4 Å². The van der Waals surface area contributed by atoms with Crippen molar-refractivity contribution in [2.24, 2.45) is 5.92 Å². The summed E-state index contributed by atoms with van der Waals surface area (Å²) >= 11 is 7.63. The average Bonchev–Trinajstić information content (AvgIpc) is 3.45. The molecule has 0 saturated carbocycles. The van der Waals surface area contributed by atoms with E-state index in [1.165, 1.54) is 0 Å². The zero-order chi connectivity index (χ0) is 22.8. The minimum atomic E-state index is -0.398. The third-order valence-electron chi connectivity index (χ3n) is 5.79. The van der Waals surface area contributed by atoms with Crippen LogP contribution >= 0.6 is 23.4 Å². The molecular weight excluding hydrogens is 452 g/mol. The maximum atomic E-state index is 13.5. The highest BCUT2D eigenvalue weighted by atomic mass is 35.5. The Morgan fingerprint density at radius 1 is 1.03 bits per heavy atom. The molecule has 7 nitrogen and oxygen atoms in total. The summed E-state index contributed by atoms with van der Waals surface area (Å²) in [6.45, 7) is 0.966. The van der Waals surface area contributed by atoms with Gasteiger partial charge in [0.1, 0.15) is 11.1 Å². The van der Waals surface area contributed by atoms with Gasteiger partial charge in [0.05, 0.1) is 27.2 Å². The summed E-state index contributed by atoms with van der Waals surface area (Å²) in [6.07, 6.45) is 0.193. The predicted octanol–water partition coefficient (Wildman–Crippen LogP) is 3.99. The third-order valence-corrected chi connectivity index (χ3v) is 7.28. The molecule has 2 unspecified atom stereocenters. The fourth-order valence-corrected chi connectivity index (χ4v) is 5.58. The van der Waals surface area contributed by atoms with Gasteiger partial charge < -0.3 is 24.0 Å². The van der Waals surface area contributed by atoms with Crippen LogP contribution in [0.25, 0.3) is 0 Å². The molecule has 2 aromatic rings. The van der Waals surface area contributed by atoms with Gasteiger partial charge in [-0.25, -0.2) is 0 Å². The Hall–Kier alpha value is -2.58. The normalized spacial score (nSPS) is 20.6. The quantitative estimate of drug-likeness (QED) is 0.628. The van der Waals surface area contributed by atoms with Crippen molar-refractivity contribution in [2.75, 3.05) is 45.1 Å². The number of rotatable bonds is 6. The lowest BCUT2D eigenvalue weighted by atomic mass is 10.1. The Balaban J connectivity index is 1.57. The number of halogens is 1. The highest BCUT2D eigenvalue weighted by Crippen LogP contribution is 2.46. The largest absolute Gasteiger partial charge is 0.496 e. The number of hydrogen-bond acceptors (Lipinski definition) is 6. The summed E-state index contributed by atoms with van der Waals surface area (Å²) in [5.41, 5.74) is 1.60. The Kier molecular flexibility index (Phi) is 6.71. The summed E-state index contributed by atoms with van der Waals surface area (Å²) in [7, 11) is 4.74. The van der Waals surface area contributed by atoms with Crippen molar-refractivity contribution < 1.29 is 23.8 Å². The molecule has 2 aliphatic rings. The summed E-state index contributed by atoms with van der Waals surface area (Å²) in [5.74, 6) is 2.09. The molecule has 0 radical (unpaired) electrons. The molecule has 2 amide bonds. The third kappa shape index (κ3) is 4.21. The number of amides is 2. The Bertz CT molecular complexity index is 1020. The monoisotopic (exact) mass is 476 g/mol. The van der Waals surface area contributed by atoms with Gasteiger partial charge in [0.15, 0.2) is 11.5 Å². The molecule has 2 aliphatic heterocycles. The molecule has 2 atom stereocenters. The molecule has 9 heteroatoms. The number of hydrogen-bond donors (Lipinski definition) is 0. The minimum Gasteiger partial charge on any atom is -0.496 e. The number of methoxy groups -OCH3 is 3. The second kappa shape index (κ2) is 9.50. The Labute approximate surface area is 196 Å². The number of carbonyl (C=O) groups excluding carboxylic acids is 2. The van der Waals surface area contributed by atoms with E-state index in [2.05, 4.69) is 0 Å². The van der Waals surface area contributed by atoms with Gasteiger partial charge in [0, 0.05) is 47.6 Å². The van der Waals surface area contributed by atoms with Gasteiger partial charge in [-0.15, -0.1) is 11.8 Å². The molecule has 0 bridgehead atoms. The van der Waals surface area contributed by atoms with Crippen molar-refractivity contribution in [3.8, 4) is 17.2 Å². The van der Waals surface area contributed by atoms with E-state index in [0.29, 0.717) is 35.4 Å². The lowest BCUT2D eigenvalue weighted by molar-refractivity contribution is -0.136. The molecule has 4 rings (SSSR count). The smallest absolute Gasteiger partial charge is 0.229 e. The predicted molar refractivity (Wildman–Crippen MR) is 125 cm³/mol. The van der Waals surface area contributed by atoms with Crippen molar-refractivity contribution in [3.63, 3.8) is 0 Å². The maximum absolute atomic E-state index is 13.5. The van der Waals surface area contributed by atoms with E-state index in [-0.39, 0.29) is 23.6 Å². The molecule has 32 heavy (non-hydrogen) atoms. The first-order valence-corrected chi connectivity index (χ1v) is 11.7. The molecular formula is C23H25ClN2O5S. The van der Waals surface area contributed by atoms with Gasteiger partial charge in [0.2, 0.25) is 11.8 Å². The number of ether oxygens (including phenoxy) is 3. The van der Waals surface area contributed by atoms with Gasteiger partial charge in [0.25, 0.3) is 0 Å². The molecule has 0 aromatic heterocycles. The number of anilines is 1. The summed E-state index contributed by atoms with van der Waals surface area (Å²) < 4.78 is 16.4. The van der Waals surface area contributed by atoms with Gasteiger partial charge in [-0.3, -0.25) is 9.59 Å². The Morgan fingerprint density at radius 2 is 1.69 bits per heavy atom. The van der Waals surface area contributed by atoms with E-state index < -0.39 is 5.92 Å². The maximum Gasteiger partial charge on any atom is 0.229 e. The van der Waals surface area contributed by atoms with Crippen LogP contribution in [0.3, 0.4) is 0 Å². The number of carbonyl (C=O) groups is 2. The highest BCUT2D eigenvalue weighted by molar-refractivity contribution is 7.99. The van der Waals surface area contributed by atoms with E-state index >= 15 is 0 Å². The SMILES string of the molecule is COc1cc(OC)c(C2SCCN2C(=O)C2CC(=O)N(c3ccc(Cl)cc3)C2)cc1OC. The molecule has 2 aromatic carbocycles. The zero-order valence-electron chi connectivity index (χ0n) is 18.2. The van der Waals surface area contributed by atoms with E-state index in [1.54, 1.807) is 68.3 Å². The molecule has 0 spiro atoms. The van der Waals surface area contributed by atoms with E-state index in [1.807, 2.05) is 11.0 Å². The van der Waals surface area contributed by atoms with Crippen molar-refractivity contribution in [1.82, 2.24) is 4.90 Å². The van der Waals surface area contributed by atoms with Crippen LogP contribution in [-0.2, 0) is 9.59 Å². The van der Waals surface area contributed by atoms with Gasteiger partial charge in [-0.1, -0.05) is 11.6 Å². The average molecular weight is 477 g/mol. The van der Waals surface area contributed by atoms with Crippen LogP contribution in [0, 0.1) is 5.92 Å². The van der Waals surface area contributed by atoms with Crippen LogP contribution in [-0.4, -0.2) is 56.9 Å². The molecule has 0 N–H and O–H groups in total. The van der Waals surface area contributed by atoms with Crippen LogP contribution in [0.4, 0.5) is 5.69 Å². The zero-order valence-corrected chi connectivity index (χ0v) is 19.7. The molecule has 0 aliphatic carbocycles. The first kappa shape index (κ1) is 22.6. The number of benzene rings is 2. The Morgan fingerprint density at radius 3 is 2.34 bits per heavy atom. The topological polar surface area (TPSA) is 68.3 Å². The lowest BCUT2D eigenvalue weighted by Crippen LogP contribution is -2.37. The first-order valence-electron chi connectivity index (χ1n) is 10.2. The van der Waals surface area contributed by atoms with Crippen LogP contribution in [0.5, 0.6) is 17.2 Å². The van der Waals surface area contributed by atoms with Gasteiger partial charge >= 0.3 is 0 Å². The summed E-state index contributed by atoms with van der Waals surface area (Å²) in [5, 5.41) is 0.380. The van der Waals surface area contributed by atoms with E-state index in [0.717, 1.165) is 17.0 Å².